The van der Waals surface area contributed by atoms with Crippen molar-refractivity contribution in [2.45, 2.75) is 27.2 Å². The van der Waals surface area contributed by atoms with Gasteiger partial charge >= 0.3 is 5.97 Å². The lowest BCUT2D eigenvalue weighted by atomic mass is 9.89. The molecule has 0 unspecified atom stereocenters. The number of carboxylic acids is 1. The SMILES string of the molecule is Cc1ccc(NC(=O)CC(C)(C)C(=O)O)c(Br)c1. The maximum absolute atomic E-state index is 11.8. The predicted octanol–water partition coefficient (Wildman–Crippen LogP) is 3.20. The molecule has 18 heavy (non-hydrogen) atoms. The van der Waals surface area contributed by atoms with Gasteiger partial charge in [-0.05, 0) is 54.4 Å². The van der Waals surface area contributed by atoms with Gasteiger partial charge in [0.1, 0.15) is 0 Å². The largest absolute Gasteiger partial charge is 0.481 e. The molecule has 0 saturated heterocycles. The van der Waals surface area contributed by atoms with Gasteiger partial charge in [-0.2, -0.15) is 0 Å². The maximum atomic E-state index is 11.8. The second kappa shape index (κ2) is 5.52. The highest BCUT2D eigenvalue weighted by Gasteiger charge is 2.30. The molecule has 1 amide bonds. The van der Waals surface area contributed by atoms with Crippen molar-refractivity contribution in [3.8, 4) is 0 Å². The third-order valence-corrected chi connectivity index (χ3v) is 3.24. The first-order chi connectivity index (χ1) is 8.22. The molecule has 0 fully saturated rings. The number of hydrogen-bond acceptors (Lipinski definition) is 2. The van der Waals surface area contributed by atoms with Gasteiger partial charge in [0, 0.05) is 10.9 Å². The highest BCUT2D eigenvalue weighted by Crippen LogP contribution is 2.25. The Kier molecular flexibility index (Phi) is 4.51. The Balaban J connectivity index is 2.74. The molecule has 0 aromatic heterocycles. The average molecular weight is 314 g/mol. The number of benzene rings is 1. The summed E-state index contributed by atoms with van der Waals surface area (Å²) in [5.41, 5.74) is 0.652. The van der Waals surface area contributed by atoms with Crippen LogP contribution in [0, 0.1) is 12.3 Å². The van der Waals surface area contributed by atoms with Gasteiger partial charge < -0.3 is 10.4 Å². The van der Waals surface area contributed by atoms with Gasteiger partial charge in [0.25, 0.3) is 0 Å². The Hall–Kier alpha value is -1.36. The normalized spacial score (nSPS) is 11.1. The topological polar surface area (TPSA) is 66.4 Å². The van der Waals surface area contributed by atoms with Crippen molar-refractivity contribution in [1.82, 2.24) is 0 Å². The van der Waals surface area contributed by atoms with E-state index in [1.807, 2.05) is 19.1 Å². The Labute approximate surface area is 115 Å². The zero-order valence-corrected chi connectivity index (χ0v) is 12.2. The molecule has 1 aromatic rings. The monoisotopic (exact) mass is 313 g/mol. The van der Waals surface area contributed by atoms with E-state index in [1.54, 1.807) is 6.07 Å². The van der Waals surface area contributed by atoms with Crippen LogP contribution in [0.3, 0.4) is 0 Å². The van der Waals surface area contributed by atoms with Gasteiger partial charge in [-0.25, -0.2) is 0 Å². The van der Waals surface area contributed by atoms with E-state index in [0.717, 1.165) is 10.0 Å². The van der Waals surface area contributed by atoms with Crippen molar-refractivity contribution in [2.75, 3.05) is 5.32 Å². The fraction of sp³-hybridized carbons (Fsp3) is 0.385. The Morgan fingerprint density at radius 2 is 2.00 bits per heavy atom. The summed E-state index contributed by atoms with van der Waals surface area (Å²) in [5, 5.41) is 11.7. The van der Waals surface area contributed by atoms with Crippen molar-refractivity contribution in [2.24, 2.45) is 5.41 Å². The molecule has 1 aromatic carbocycles. The molecule has 0 saturated carbocycles. The van der Waals surface area contributed by atoms with Crippen LogP contribution in [-0.2, 0) is 9.59 Å². The summed E-state index contributed by atoms with van der Waals surface area (Å²) in [7, 11) is 0. The first kappa shape index (κ1) is 14.7. The van der Waals surface area contributed by atoms with Crippen molar-refractivity contribution in [1.29, 1.82) is 0 Å². The summed E-state index contributed by atoms with van der Waals surface area (Å²) < 4.78 is 0.781. The highest BCUT2D eigenvalue weighted by atomic mass is 79.9. The van der Waals surface area contributed by atoms with Crippen LogP contribution in [0.4, 0.5) is 5.69 Å². The molecule has 0 aliphatic rings. The number of carboxylic acid groups (broad SMARTS) is 1. The van der Waals surface area contributed by atoms with E-state index >= 15 is 0 Å². The first-order valence-electron chi connectivity index (χ1n) is 5.52. The molecule has 98 valence electrons. The van der Waals surface area contributed by atoms with Gasteiger partial charge in [0.2, 0.25) is 5.91 Å². The molecule has 0 heterocycles. The molecule has 0 bridgehead atoms. The van der Waals surface area contributed by atoms with E-state index in [0.29, 0.717) is 5.69 Å². The van der Waals surface area contributed by atoms with Crippen molar-refractivity contribution in [3.05, 3.63) is 28.2 Å². The van der Waals surface area contributed by atoms with Gasteiger partial charge in [-0.15, -0.1) is 0 Å². The number of halogens is 1. The van der Waals surface area contributed by atoms with Crippen LogP contribution < -0.4 is 5.32 Å². The first-order valence-corrected chi connectivity index (χ1v) is 6.31. The summed E-state index contributed by atoms with van der Waals surface area (Å²) in [6.45, 7) is 5.00. The lowest BCUT2D eigenvalue weighted by Gasteiger charge is -2.18. The quantitative estimate of drug-likeness (QED) is 0.897. The van der Waals surface area contributed by atoms with E-state index < -0.39 is 11.4 Å². The fourth-order valence-corrected chi connectivity index (χ4v) is 1.99. The molecule has 1 rings (SSSR count). The van der Waals surface area contributed by atoms with Crippen LogP contribution in [0.1, 0.15) is 25.8 Å². The van der Waals surface area contributed by atoms with Gasteiger partial charge in [-0.1, -0.05) is 6.07 Å². The minimum Gasteiger partial charge on any atom is -0.481 e. The smallest absolute Gasteiger partial charge is 0.309 e. The summed E-state index contributed by atoms with van der Waals surface area (Å²) in [5.74, 6) is -1.30. The van der Waals surface area contributed by atoms with E-state index in [4.69, 9.17) is 5.11 Å². The van der Waals surface area contributed by atoms with Crippen LogP contribution >= 0.6 is 15.9 Å². The highest BCUT2D eigenvalue weighted by molar-refractivity contribution is 9.10. The van der Waals surface area contributed by atoms with Crippen LogP contribution in [0.5, 0.6) is 0 Å². The minimum absolute atomic E-state index is 0.0668. The molecule has 2 N–H and O–H groups in total. The van der Waals surface area contributed by atoms with Crippen molar-refractivity contribution in [3.63, 3.8) is 0 Å². The number of aryl methyl sites for hydroxylation is 1. The molecule has 4 nitrogen and oxygen atoms in total. The third-order valence-electron chi connectivity index (χ3n) is 2.58. The second-order valence-electron chi connectivity index (χ2n) is 4.90. The summed E-state index contributed by atoms with van der Waals surface area (Å²) in [6, 6.07) is 5.55. The summed E-state index contributed by atoms with van der Waals surface area (Å²) in [6.07, 6.45) is -0.0668. The standard InChI is InChI=1S/C13H16BrNO3/c1-8-4-5-10(9(14)6-8)15-11(16)7-13(2,3)12(17)18/h4-6H,7H2,1-3H3,(H,15,16)(H,17,18). The summed E-state index contributed by atoms with van der Waals surface area (Å²) >= 11 is 3.35. The molecule has 0 spiro atoms. The number of carbonyl (C=O) groups excluding carboxylic acids is 1. The average Bonchev–Trinajstić information content (AvgIpc) is 2.21. The molecule has 0 aliphatic carbocycles. The van der Waals surface area contributed by atoms with E-state index in [9.17, 15) is 9.59 Å². The van der Waals surface area contributed by atoms with Crippen molar-refractivity contribution < 1.29 is 14.7 Å². The van der Waals surface area contributed by atoms with E-state index in [-0.39, 0.29) is 12.3 Å². The third kappa shape index (κ3) is 3.84. The number of amides is 1. The Morgan fingerprint density at radius 1 is 1.39 bits per heavy atom. The number of anilines is 1. The summed E-state index contributed by atoms with van der Waals surface area (Å²) in [4.78, 5) is 22.7. The Bertz CT molecular complexity index is 483. The number of carbonyl (C=O) groups is 2. The van der Waals surface area contributed by atoms with Crippen LogP contribution in [0.2, 0.25) is 0 Å². The molecular formula is C13H16BrNO3. The Morgan fingerprint density at radius 3 is 2.50 bits per heavy atom. The van der Waals surface area contributed by atoms with Gasteiger partial charge in [0.05, 0.1) is 11.1 Å². The van der Waals surface area contributed by atoms with Crippen LogP contribution in [-0.4, -0.2) is 17.0 Å². The lowest BCUT2D eigenvalue weighted by Crippen LogP contribution is -2.29. The molecule has 5 heteroatoms. The number of hydrogen-bond donors (Lipinski definition) is 2. The number of nitrogens with one attached hydrogen (secondary N) is 1. The molecule has 0 atom stereocenters. The maximum Gasteiger partial charge on any atom is 0.309 e. The molecule has 0 radical (unpaired) electrons. The molecular weight excluding hydrogens is 298 g/mol. The van der Waals surface area contributed by atoms with Crippen LogP contribution in [0.15, 0.2) is 22.7 Å². The number of rotatable bonds is 4. The van der Waals surface area contributed by atoms with Crippen LogP contribution in [0.25, 0.3) is 0 Å². The second-order valence-corrected chi connectivity index (χ2v) is 5.75. The minimum atomic E-state index is -1.07. The van der Waals surface area contributed by atoms with Gasteiger partial charge in [-0.3, -0.25) is 9.59 Å². The zero-order valence-electron chi connectivity index (χ0n) is 10.6. The lowest BCUT2D eigenvalue weighted by molar-refractivity contribution is -0.148. The number of aliphatic carboxylic acids is 1. The van der Waals surface area contributed by atoms with Gasteiger partial charge in [0.15, 0.2) is 0 Å². The van der Waals surface area contributed by atoms with Crippen molar-refractivity contribution >= 4 is 33.5 Å². The zero-order chi connectivity index (χ0) is 13.9. The predicted molar refractivity (Wildman–Crippen MR) is 73.5 cm³/mol. The van der Waals surface area contributed by atoms with E-state index in [1.165, 1.54) is 13.8 Å². The molecule has 0 aliphatic heterocycles. The van der Waals surface area contributed by atoms with E-state index in [2.05, 4.69) is 21.2 Å². The fourth-order valence-electron chi connectivity index (χ4n) is 1.39.